The molecular formula is C11H10N2O4. The molecule has 0 aromatic carbocycles. The largest absolute Gasteiger partial charge is 0.478 e. The van der Waals surface area contributed by atoms with Crippen molar-refractivity contribution in [2.24, 2.45) is 0 Å². The Morgan fingerprint density at radius 1 is 1.59 bits per heavy atom. The van der Waals surface area contributed by atoms with Gasteiger partial charge in [-0.3, -0.25) is 0 Å². The third-order valence-electron chi connectivity index (χ3n) is 2.00. The summed E-state index contributed by atoms with van der Waals surface area (Å²) in [6, 6.07) is 3.31. The van der Waals surface area contributed by atoms with Gasteiger partial charge in [0.2, 0.25) is 11.8 Å². The van der Waals surface area contributed by atoms with Crippen molar-refractivity contribution in [3.8, 4) is 17.3 Å². The molecule has 88 valence electrons. The van der Waals surface area contributed by atoms with E-state index in [-0.39, 0.29) is 11.6 Å². The van der Waals surface area contributed by atoms with Gasteiger partial charge in [-0.1, -0.05) is 0 Å². The lowest BCUT2D eigenvalue weighted by Gasteiger charge is -2.01. The van der Waals surface area contributed by atoms with Gasteiger partial charge >= 0.3 is 5.97 Å². The molecule has 0 saturated carbocycles. The zero-order valence-electron chi connectivity index (χ0n) is 9.08. The van der Waals surface area contributed by atoms with E-state index in [0.29, 0.717) is 18.1 Å². The SMILES string of the molecule is CCOc1cc(-c2nc(C(=O)O)co2)ccn1. The maximum Gasteiger partial charge on any atom is 0.357 e. The van der Waals surface area contributed by atoms with Gasteiger partial charge in [0.25, 0.3) is 0 Å². The molecule has 0 aliphatic carbocycles. The minimum absolute atomic E-state index is 0.130. The lowest BCUT2D eigenvalue weighted by molar-refractivity contribution is 0.0690. The molecule has 0 unspecified atom stereocenters. The summed E-state index contributed by atoms with van der Waals surface area (Å²) in [6.07, 6.45) is 2.64. The summed E-state index contributed by atoms with van der Waals surface area (Å²) < 4.78 is 10.3. The van der Waals surface area contributed by atoms with Crippen LogP contribution in [0.5, 0.6) is 5.88 Å². The first-order valence-electron chi connectivity index (χ1n) is 4.98. The van der Waals surface area contributed by atoms with Gasteiger partial charge < -0.3 is 14.3 Å². The van der Waals surface area contributed by atoms with Crippen molar-refractivity contribution < 1.29 is 19.1 Å². The number of pyridine rings is 1. The Morgan fingerprint density at radius 3 is 3.06 bits per heavy atom. The lowest BCUT2D eigenvalue weighted by Crippen LogP contribution is -1.96. The van der Waals surface area contributed by atoms with Crippen molar-refractivity contribution in [2.45, 2.75) is 6.92 Å². The summed E-state index contributed by atoms with van der Waals surface area (Å²) in [7, 11) is 0. The van der Waals surface area contributed by atoms with Gasteiger partial charge in [0.05, 0.1) is 6.61 Å². The van der Waals surface area contributed by atoms with E-state index in [0.717, 1.165) is 6.26 Å². The number of ether oxygens (including phenoxy) is 1. The molecule has 2 aromatic rings. The van der Waals surface area contributed by atoms with Crippen LogP contribution in [0.4, 0.5) is 0 Å². The third-order valence-corrected chi connectivity index (χ3v) is 2.00. The number of aromatic nitrogens is 2. The summed E-state index contributed by atoms with van der Waals surface area (Å²) in [4.78, 5) is 18.5. The van der Waals surface area contributed by atoms with Gasteiger partial charge in [0.1, 0.15) is 6.26 Å². The predicted octanol–water partition coefficient (Wildman–Crippen LogP) is 1.83. The van der Waals surface area contributed by atoms with Crippen molar-refractivity contribution in [1.29, 1.82) is 0 Å². The summed E-state index contributed by atoms with van der Waals surface area (Å²) in [6.45, 7) is 2.35. The van der Waals surface area contributed by atoms with E-state index in [2.05, 4.69) is 9.97 Å². The second-order valence-corrected chi connectivity index (χ2v) is 3.16. The molecule has 0 saturated heterocycles. The molecule has 0 fully saturated rings. The zero-order valence-corrected chi connectivity index (χ0v) is 9.08. The van der Waals surface area contributed by atoms with Crippen molar-refractivity contribution in [3.05, 3.63) is 30.3 Å². The molecular weight excluding hydrogens is 224 g/mol. The Balaban J connectivity index is 2.31. The molecule has 0 radical (unpaired) electrons. The summed E-state index contributed by atoms with van der Waals surface area (Å²) in [5, 5.41) is 8.72. The molecule has 0 spiro atoms. The Kier molecular flexibility index (Phi) is 3.04. The standard InChI is InChI=1S/C11H10N2O4/c1-2-16-9-5-7(3-4-12-9)10-13-8(6-17-10)11(14)15/h3-6H,2H2,1H3,(H,14,15). The molecule has 2 aromatic heterocycles. The first-order chi connectivity index (χ1) is 8.20. The van der Waals surface area contributed by atoms with E-state index in [1.165, 1.54) is 0 Å². The molecule has 0 atom stereocenters. The highest BCUT2D eigenvalue weighted by molar-refractivity contribution is 5.85. The van der Waals surface area contributed by atoms with E-state index >= 15 is 0 Å². The van der Waals surface area contributed by atoms with E-state index in [9.17, 15) is 4.79 Å². The van der Waals surface area contributed by atoms with Gasteiger partial charge in [0.15, 0.2) is 5.69 Å². The number of rotatable bonds is 4. The number of carbonyl (C=O) groups is 1. The summed E-state index contributed by atoms with van der Waals surface area (Å²) in [5.41, 5.74) is 0.491. The lowest BCUT2D eigenvalue weighted by atomic mass is 10.2. The number of hydrogen-bond acceptors (Lipinski definition) is 5. The fourth-order valence-corrected chi connectivity index (χ4v) is 1.27. The molecule has 0 aliphatic rings. The van der Waals surface area contributed by atoms with Crippen LogP contribution in [0, 0.1) is 0 Å². The van der Waals surface area contributed by atoms with Crippen LogP contribution in [0.15, 0.2) is 29.0 Å². The number of oxazole rings is 1. The molecule has 1 N–H and O–H groups in total. The number of carboxylic acid groups (broad SMARTS) is 1. The van der Waals surface area contributed by atoms with Crippen LogP contribution in [0.25, 0.3) is 11.5 Å². The third kappa shape index (κ3) is 2.41. The fraction of sp³-hybridized carbons (Fsp3) is 0.182. The van der Waals surface area contributed by atoms with Crippen LogP contribution in [-0.4, -0.2) is 27.7 Å². The monoisotopic (exact) mass is 234 g/mol. The first-order valence-corrected chi connectivity index (χ1v) is 4.98. The number of carboxylic acids is 1. The number of hydrogen-bond donors (Lipinski definition) is 1. The van der Waals surface area contributed by atoms with Crippen LogP contribution in [-0.2, 0) is 0 Å². The maximum atomic E-state index is 10.7. The second-order valence-electron chi connectivity index (χ2n) is 3.16. The highest BCUT2D eigenvalue weighted by atomic mass is 16.5. The summed E-state index contributed by atoms with van der Waals surface area (Å²) >= 11 is 0. The fourth-order valence-electron chi connectivity index (χ4n) is 1.27. The van der Waals surface area contributed by atoms with Crippen LogP contribution >= 0.6 is 0 Å². The summed E-state index contributed by atoms with van der Waals surface area (Å²) in [5.74, 6) is -0.454. The van der Waals surface area contributed by atoms with Crippen molar-refractivity contribution in [1.82, 2.24) is 9.97 Å². The molecule has 2 heterocycles. The van der Waals surface area contributed by atoms with Crippen LogP contribution < -0.4 is 4.74 Å². The zero-order chi connectivity index (χ0) is 12.3. The van der Waals surface area contributed by atoms with Crippen molar-refractivity contribution in [2.75, 3.05) is 6.61 Å². The van der Waals surface area contributed by atoms with Gasteiger partial charge in [-0.2, -0.15) is 0 Å². The minimum Gasteiger partial charge on any atom is -0.478 e. The highest BCUT2D eigenvalue weighted by Crippen LogP contribution is 2.21. The molecule has 0 amide bonds. The smallest absolute Gasteiger partial charge is 0.357 e. The molecule has 0 bridgehead atoms. The highest BCUT2D eigenvalue weighted by Gasteiger charge is 2.12. The van der Waals surface area contributed by atoms with Crippen LogP contribution in [0.2, 0.25) is 0 Å². The molecule has 0 aliphatic heterocycles. The molecule has 6 nitrogen and oxygen atoms in total. The molecule has 17 heavy (non-hydrogen) atoms. The number of nitrogens with zero attached hydrogens (tertiary/aromatic N) is 2. The Morgan fingerprint density at radius 2 is 2.41 bits per heavy atom. The first kappa shape index (κ1) is 11.1. The van der Waals surface area contributed by atoms with Gasteiger partial charge in [-0.05, 0) is 13.0 Å². The van der Waals surface area contributed by atoms with E-state index in [1.807, 2.05) is 6.92 Å². The van der Waals surface area contributed by atoms with Gasteiger partial charge in [-0.25, -0.2) is 14.8 Å². The van der Waals surface area contributed by atoms with Crippen molar-refractivity contribution in [3.63, 3.8) is 0 Å². The average molecular weight is 234 g/mol. The molecule has 6 heteroatoms. The quantitative estimate of drug-likeness (QED) is 0.868. The second kappa shape index (κ2) is 4.65. The topological polar surface area (TPSA) is 85.5 Å². The Labute approximate surface area is 96.9 Å². The average Bonchev–Trinajstić information content (AvgIpc) is 2.79. The van der Waals surface area contributed by atoms with E-state index in [1.54, 1.807) is 18.3 Å². The van der Waals surface area contributed by atoms with Crippen molar-refractivity contribution >= 4 is 5.97 Å². The van der Waals surface area contributed by atoms with Gasteiger partial charge in [0, 0.05) is 17.8 Å². The van der Waals surface area contributed by atoms with Gasteiger partial charge in [-0.15, -0.1) is 0 Å². The Bertz CT molecular complexity index is 536. The Hall–Kier alpha value is -2.37. The normalized spacial score (nSPS) is 10.2. The number of aromatic carboxylic acids is 1. The van der Waals surface area contributed by atoms with E-state index in [4.69, 9.17) is 14.3 Å². The molecule has 2 rings (SSSR count). The predicted molar refractivity (Wildman–Crippen MR) is 57.9 cm³/mol. The van der Waals surface area contributed by atoms with E-state index < -0.39 is 5.97 Å². The maximum absolute atomic E-state index is 10.7. The minimum atomic E-state index is -1.13. The van der Waals surface area contributed by atoms with Crippen LogP contribution in [0.3, 0.4) is 0 Å². The van der Waals surface area contributed by atoms with Crippen LogP contribution in [0.1, 0.15) is 17.4 Å².